The van der Waals surface area contributed by atoms with Crippen LogP contribution in [0.2, 0.25) is 0 Å². The van der Waals surface area contributed by atoms with E-state index in [9.17, 15) is 9.90 Å². The Morgan fingerprint density at radius 2 is 1.97 bits per heavy atom. The Bertz CT molecular complexity index is 968. The number of carbonyl (C=O) groups excluding carboxylic acids is 1. The number of fused-ring (bicyclic) bond motifs is 1. The Balaban J connectivity index is 1.41. The number of nitrogens with two attached hydrogens (primary N) is 1. The number of thiazole rings is 1. The average Bonchev–Trinajstić information content (AvgIpc) is 3.44. The van der Waals surface area contributed by atoms with Gasteiger partial charge in [-0.25, -0.2) is 4.98 Å². The quantitative estimate of drug-likeness (QED) is 0.695. The van der Waals surface area contributed by atoms with E-state index in [2.05, 4.69) is 34.9 Å². The van der Waals surface area contributed by atoms with Crippen LogP contribution in [-0.2, 0) is 10.2 Å². The zero-order chi connectivity index (χ0) is 20.0. The number of imidazole rings is 1. The molecule has 1 saturated carbocycles. The van der Waals surface area contributed by atoms with Gasteiger partial charge in [-0.05, 0) is 31.2 Å². The van der Waals surface area contributed by atoms with Crippen LogP contribution in [0.3, 0.4) is 0 Å². The first-order valence-corrected chi connectivity index (χ1v) is 11.2. The van der Waals surface area contributed by atoms with E-state index in [1.807, 2.05) is 22.5 Å². The predicted octanol–water partition coefficient (Wildman–Crippen LogP) is 2.40. The minimum atomic E-state index is -0.560. The third kappa shape index (κ3) is 3.17. The molecular weight excluding hydrogens is 384 g/mol. The Labute approximate surface area is 174 Å². The second-order valence-corrected chi connectivity index (χ2v) is 9.26. The van der Waals surface area contributed by atoms with Gasteiger partial charge in [-0.1, -0.05) is 30.3 Å². The predicted molar refractivity (Wildman–Crippen MR) is 113 cm³/mol. The monoisotopic (exact) mass is 410 g/mol. The summed E-state index contributed by atoms with van der Waals surface area (Å²) in [7, 11) is 0. The first-order valence-electron chi connectivity index (χ1n) is 10.3. The van der Waals surface area contributed by atoms with Crippen LogP contribution in [0.5, 0.6) is 0 Å². The largest absolute Gasteiger partial charge is 0.391 e. The number of hydrogen-bond donors (Lipinski definition) is 2. The summed E-state index contributed by atoms with van der Waals surface area (Å²) in [5.41, 5.74) is 8.09. The molecule has 3 atom stereocenters. The minimum absolute atomic E-state index is 0.143. The SMILES string of the molecule is N[C@@H]1C[C@H](C(=O)N2CCC(c3ccccc3)(c3cn4ccsc4n3)CC2)C[C@H]1O. The van der Waals surface area contributed by atoms with Crippen molar-refractivity contribution in [1.29, 1.82) is 0 Å². The fourth-order valence-electron chi connectivity index (χ4n) is 5.02. The van der Waals surface area contributed by atoms with Gasteiger partial charge in [0.05, 0.1) is 11.8 Å². The van der Waals surface area contributed by atoms with E-state index in [1.165, 1.54) is 5.56 Å². The van der Waals surface area contributed by atoms with E-state index in [0.717, 1.165) is 23.5 Å². The van der Waals surface area contributed by atoms with Crippen molar-refractivity contribution in [1.82, 2.24) is 14.3 Å². The molecule has 2 aromatic heterocycles. The highest BCUT2D eigenvalue weighted by Crippen LogP contribution is 2.42. The van der Waals surface area contributed by atoms with Crippen LogP contribution in [0.25, 0.3) is 4.96 Å². The lowest BCUT2D eigenvalue weighted by atomic mass is 9.70. The van der Waals surface area contributed by atoms with Crippen LogP contribution >= 0.6 is 11.3 Å². The maximum absolute atomic E-state index is 13.0. The van der Waals surface area contributed by atoms with Gasteiger partial charge in [0, 0.05) is 48.2 Å². The molecule has 0 bridgehead atoms. The topological polar surface area (TPSA) is 83.9 Å². The molecule has 1 aliphatic carbocycles. The van der Waals surface area contributed by atoms with Crippen molar-refractivity contribution in [3.8, 4) is 0 Å². The summed E-state index contributed by atoms with van der Waals surface area (Å²) >= 11 is 1.64. The number of carbonyl (C=O) groups is 1. The average molecular weight is 411 g/mol. The number of aromatic nitrogens is 2. The fourth-order valence-corrected chi connectivity index (χ4v) is 5.72. The lowest BCUT2D eigenvalue weighted by Crippen LogP contribution is -2.47. The normalized spacial score (nSPS) is 26.8. The summed E-state index contributed by atoms with van der Waals surface area (Å²) in [4.78, 5) is 20.9. The molecule has 2 fully saturated rings. The summed E-state index contributed by atoms with van der Waals surface area (Å²) in [6.45, 7) is 1.39. The van der Waals surface area contributed by atoms with E-state index in [4.69, 9.17) is 10.7 Å². The maximum atomic E-state index is 13.0. The van der Waals surface area contributed by atoms with E-state index >= 15 is 0 Å². The van der Waals surface area contributed by atoms with Crippen LogP contribution in [0.4, 0.5) is 0 Å². The smallest absolute Gasteiger partial charge is 0.225 e. The van der Waals surface area contributed by atoms with Crippen molar-refractivity contribution in [2.24, 2.45) is 11.7 Å². The number of piperidine rings is 1. The number of aliphatic hydroxyl groups is 1. The first kappa shape index (κ1) is 18.8. The van der Waals surface area contributed by atoms with Crippen LogP contribution in [0.1, 0.15) is 36.9 Å². The summed E-state index contributed by atoms with van der Waals surface area (Å²) in [5, 5.41) is 12.0. The lowest BCUT2D eigenvalue weighted by molar-refractivity contribution is -0.137. The number of benzene rings is 1. The van der Waals surface area contributed by atoms with Gasteiger partial charge in [0.25, 0.3) is 0 Å². The zero-order valence-electron chi connectivity index (χ0n) is 16.3. The standard InChI is InChI=1S/C22H26N4O2S/c23-17-12-15(13-18(17)27)20(28)25-8-6-22(7-9-25,16-4-2-1-3-5-16)19-14-26-10-11-29-21(26)24-19/h1-5,10-11,14-15,17-18,27H,6-9,12-13,23H2/t15-,17+,18+/m0/s1. The van der Waals surface area contributed by atoms with E-state index in [0.29, 0.717) is 25.9 Å². The maximum Gasteiger partial charge on any atom is 0.225 e. The summed E-state index contributed by atoms with van der Waals surface area (Å²) in [6.07, 6.45) is 6.38. The molecule has 1 saturated heterocycles. The van der Waals surface area contributed by atoms with Gasteiger partial charge in [0.1, 0.15) is 0 Å². The molecule has 6 nitrogen and oxygen atoms in total. The van der Waals surface area contributed by atoms with E-state index in [-0.39, 0.29) is 23.3 Å². The third-order valence-electron chi connectivity index (χ3n) is 6.76. The molecule has 0 radical (unpaired) electrons. The highest BCUT2D eigenvalue weighted by Gasteiger charge is 2.43. The fraction of sp³-hybridized carbons (Fsp3) is 0.455. The van der Waals surface area contributed by atoms with E-state index < -0.39 is 6.10 Å². The molecule has 3 aromatic rings. The molecule has 3 N–H and O–H groups in total. The molecule has 5 rings (SSSR count). The molecule has 29 heavy (non-hydrogen) atoms. The highest BCUT2D eigenvalue weighted by molar-refractivity contribution is 7.15. The Morgan fingerprint density at radius 1 is 1.21 bits per heavy atom. The first-order chi connectivity index (χ1) is 14.1. The summed E-state index contributed by atoms with van der Waals surface area (Å²) < 4.78 is 2.09. The van der Waals surface area contributed by atoms with Crippen molar-refractivity contribution in [2.75, 3.05) is 13.1 Å². The second-order valence-electron chi connectivity index (χ2n) is 8.39. The van der Waals surface area contributed by atoms with Crippen LogP contribution in [0, 0.1) is 5.92 Å². The van der Waals surface area contributed by atoms with Crippen molar-refractivity contribution in [3.05, 3.63) is 59.4 Å². The van der Waals surface area contributed by atoms with Gasteiger partial charge in [0.2, 0.25) is 5.91 Å². The molecule has 1 aromatic carbocycles. The molecular formula is C22H26N4O2S. The minimum Gasteiger partial charge on any atom is -0.391 e. The Kier molecular flexibility index (Phi) is 4.69. The second kappa shape index (κ2) is 7.23. The molecule has 1 aliphatic heterocycles. The van der Waals surface area contributed by atoms with Crippen molar-refractivity contribution in [3.63, 3.8) is 0 Å². The van der Waals surface area contributed by atoms with Crippen molar-refractivity contribution >= 4 is 22.2 Å². The molecule has 0 spiro atoms. The van der Waals surface area contributed by atoms with Gasteiger partial charge in [-0.2, -0.15) is 0 Å². The Hall–Kier alpha value is -2.22. The number of likely N-dealkylation sites (tertiary alicyclic amines) is 1. The van der Waals surface area contributed by atoms with Gasteiger partial charge in [-0.3, -0.25) is 9.20 Å². The van der Waals surface area contributed by atoms with Crippen molar-refractivity contribution < 1.29 is 9.90 Å². The van der Waals surface area contributed by atoms with Gasteiger partial charge >= 0.3 is 0 Å². The molecule has 2 aliphatic rings. The van der Waals surface area contributed by atoms with Gasteiger partial charge < -0.3 is 15.7 Å². The molecule has 3 heterocycles. The highest BCUT2D eigenvalue weighted by atomic mass is 32.1. The van der Waals surface area contributed by atoms with Crippen molar-refractivity contribution in [2.45, 2.75) is 43.2 Å². The molecule has 152 valence electrons. The number of nitrogens with zero attached hydrogens (tertiary/aromatic N) is 3. The molecule has 7 heteroatoms. The zero-order valence-corrected chi connectivity index (χ0v) is 17.1. The Morgan fingerprint density at radius 3 is 2.62 bits per heavy atom. The van der Waals surface area contributed by atoms with E-state index in [1.54, 1.807) is 11.3 Å². The lowest BCUT2D eigenvalue weighted by Gasteiger charge is -2.42. The van der Waals surface area contributed by atoms with Crippen LogP contribution in [-0.4, -0.2) is 50.5 Å². The number of rotatable bonds is 3. The molecule has 1 amide bonds. The third-order valence-corrected chi connectivity index (χ3v) is 7.54. The number of hydrogen-bond acceptors (Lipinski definition) is 5. The van der Waals surface area contributed by atoms with Gasteiger partial charge in [0.15, 0.2) is 4.96 Å². The van der Waals surface area contributed by atoms with Crippen LogP contribution < -0.4 is 5.73 Å². The number of aliphatic hydroxyl groups excluding tert-OH is 1. The summed E-state index contributed by atoms with van der Waals surface area (Å²) in [6, 6.07) is 10.3. The molecule has 0 unspecified atom stereocenters. The summed E-state index contributed by atoms with van der Waals surface area (Å²) in [5.74, 6) is -0.00773. The number of amides is 1. The van der Waals surface area contributed by atoms with Crippen LogP contribution in [0.15, 0.2) is 48.1 Å². The van der Waals surface area contributed by atoms with Gasteiger partial charge in [-0.15, -0.1) is 11.3 Å².